The van der Waals surface area contributed by atoms with Crippen LogP contribution in [0.3, 0.4) is 0 Å². The smallest absolute Gasteiger partial charge is 0.224 e. The van der Waals surface area contributed by atoms with Crippen molar-refractivity contribution in [3.8, 4) is 0 Å². The van der Waals surface area contributed by atoms with Gasteiger partial charge in [0.2, 0.25) is 5.95 Å². The number of hydrogen-bond donors (Lipinski definition) is 1. The number of aryl methyl sites for hydroxylation is 1. The van der Waals surface area contributed by atoms with Crippen molar-refractivity contribution in [2.24, 2.45) is 0 Å². The number of nitrogens with zero attached hydrogens (tertiary/aromatic N) is 3. The largest absolute Gasteiger partial charge is 0.354 e. The average Bonchev–Trinajstić information content (AvgIpc) is 2.43. The van der Waals surface area contributed by atoms with Crippen LogP contribution in [0.15, 0.2) is 30.5 Å². The molecule has 1 aromatic heterocycles. The van der Waals surface area contributed by atoms with E-state index in [4.69, 9.17) is 11.6 Å². The molecule has 0 fully saturated rings. The lowest BCUT2D eigenvalue weighted by atomic mass is 10.1. The van der Waals surface area contributed by atoms with Gasteiger partial charge in [0.1, 0.15) is 5.02 Å². The predicted octanol–water partition coefficient (Wildman–Crippen LogP) is 3.51. The van der Waals surface area contributed by atoms with E-state index in [1.807, 2.05) is 31.0 Å². The van der Waals surface area contributed by atoms with Crippen LogP contribution in [0.4, 0.5) is 11.8 Å². The second-order valence-corrected chi connectivity index (χ2v) is 5.09. The van der Waals surface area contributed by atoms with Gasteiger partial charge in [0, 0.05) is 20.1 Å². The Labute approximate surface area is 124 Å². The standard InChI is InChI=1S/C15H19ClN4/c1-4-17-15-18-9-13(16)14(19-15)20(3)10-12-8-6-5-7-11(12)2/h5-9H,4,10H2,1-3H3,(H,17,18,19). The first-order chi connectivity index (χ1) is 9.61. The average molecular weight is 291 g/mol. The molecule has 106 valence electrons. The zero-order valence-corrected chi connectivity index (χ0v) is 12.8. The van der Waals surface area contributed by atoms with Gasteiger partial charge in [0.05, 0.1) is 6.20 Å². The maximum Gasteiger partial charge on any atom is 0.224 e. The summed E-state index contributed by atoms with van der Waals surface area (Å²) in [5.41, 5.74) is 2.52. The monoisotopic (exact) mass is 290 g/mol. The molecule has 0 spiro atoms. The molecule has 20 heavy (non-hydrogen) atoms. The highest BCUT2D eigenvalue weighted by Crippen LogP contribution is 2.24. The maximum absolute atomic E-state index is 6.20. The van der Waals surface area contributed by atoms with Crippen molar-refractivity contribution in [2.75, 3.05) is 23.8 Å². The number of anilines is 2. The Kier molecular flexibility index (Phi) is 4.79. The first-order valence-electron chi connectivity index (χ1n) is 6.64. The lowest BCUT2D eigenvalue weighted by Crippen LogP contribution is -2.19. The van der Waals surface area contributed by atoms with Gasteiger partial charge in [-0.15, -0.1) is 0 Å². The van der Waals surface area contributed by atoms with Gasteiger partial charge in [-0.1, -0.05) is 35.9 Å². The number of benzene rings is 1. The zero-order valence-electron chi connectivity index (χ0n) is 12.0. The minimum absolute atomic E-state index is 0.558. The fraction of sp³-hybridized carbons (Fsp3) is 0.333. The van der Waals surface area contributed by atoms with Crippen molar-refractivity contribution in [3.63, 3.8) is 0 Å². The predicted molar refractivity (Wildman–Crippen MR) is 84.5 cm³/mol. The van der Waals surface area contributed by atoms with E-state index in [9.17, 15) is 0 Å². The molecule has 1 N–H and O–H groups in total. The van der Waals surface area contributed by atoms with Gasteiger partial charge in [0.25, 0.3) is 0 Å². The third-order valence-electron chi connectivity index (χ3n) is 3.09. The van der Waals surface area contributed by atoms with E-state index in [0.29, 0.717) is 11.0 Å². The van der Waals surface area contributed by atoms with Crippen LogP contribution in [-0.4, -0.2) is 23.6 Å². The van der Waals surface area contributed by atoms with Crippen LogP contribution < -0.4 is 10.2 Å². The van der Waals surface area contributed by atoms with Crippen molar-refractivity contribution < 1.29 is 0 Å². The fourth-order valence-electron chi connectivity index (χ4n) is 1.99. The van der Waals surface area contributed by atoms with E-state index in [1.54, 1.807) is 6.20 Å². The summed E-state index contributed by atoms with van der Waals surface area (Å²) in [6.07, 6.45) is 1.64. The van der Waals surface area contributed by atoms with E-state index in [-0.39, 0.29) is 0 Å². The molecule has 0 bridgehead atoms. The molecule has 2 rings (SSSR count). The fourth-order valence-corrected chi connectivity index (χ4v) is 2.22. The van der Waals surface area contributed by atoms with Gasteiger partial charge >= 0.3 is 0 Å². The zero-order chi connectivity index (χ0) is 14.5. The summed E-state index contributed by atoms with van der Waals surface area (Å²) in [6.45, 7) is 5.65. The molecule has 0 radical (unpaired) electrons. The highest BCUT2D eigenvalue weighted by molar-refractivity contribution is 6.32. The highest BCUT2D eigenvalue weighted by atomic mass is 35.5. The SMILES string of the molecule is CCNc1ncc(Cl)c(N(C)Cc2ccccc2C)n1. The number of rotatable bonds is 5. The third-order valence-corrected chi connectivity index (χ3v) is 3.36. The Balaban J connectivity index is 2.22. The minimum Gasteiger partial charge on any atom is -0.354 e. The molecule has 0 atom stereocenters. The number of halogens is 1. The molecular formula is C15H19ClN4. The second-order valence-electron chi connectivity index (χ2n) is 4.68. The van der Waals surface area contributed by atoms with Gasteiger partial charge in [0.15, 0.2) is 5.82 Å². The van der Waals surface area contributed by atoms with Crippen LogP contribution in [0.2, 0.25) is 5.02 Å². The van der Waals surface area contributed by atoms with Gasteiger partial charge in [-0.25, -0.2) is 4.98 Å². The summed E-state index contributed by atoms with van der Waals surface area (Å²) in [5, 5.41) is 3.66. The third kappa shape index (κ3) is 3.39. The van der Waals surface area contributed by atoms with Crippen LogP contribution in [0, 0.1) is 6.92 Å². The van der Waals surface area contributed by atoms with Gasteiger partial charge in [-0.3, -0.25) is 0 Å². The van der Waals surface area contributed by atoms with Crippen molar-refractivity contribution >= 4 is 23.4 Å². The molecular weight excluding hydrogens is 272 g/mol. The molecule has 5 heteroatoms. The van der Waals surface area contributed by atoms with E-state index in [1.165, 1.54) is 11.1 Å². The van der Waals surface area contributed by atoms with Crippen LogP contribution >= 0.6 is 11.6 Å². The molecule has 1 aromatic carbocycles. The van der Waals surface area contributed by atoms with E-state index >= 15 is 0 Å². The second kappa shape index (κ2) is 6.57. The van der Waals surface area contributed by atoms with Crippen LogP contribution in [0.25, 0.3) is 0 Å². The summed E-state index contributed by atoms with van der Waals surface area (Å²) in [4.78, 5) is 10.6. The maximum atomic E-state index is 6.20. The Morgan fingerprint density at radius 3 is 2.75 bits per heavy atom. The molecule has 0 aliphatic carbocycles. The highest BCUT2D eigenvalue weighted by Gasteiger charge is 2.11. The summed E-state index contributed by atoms with van der Waals surface area (Å²) >= 11 is 6.20. The Bertz CT molecular complexity index is 586. The van der Waals surface area contributed by atoms with Gasteiger partial charge in [-0.05, 0) is 25.0 Å². The molecule has 4 nitrogen and oxygen atoms in total. The Morgan fingerprint density at radius 1 is 1.30 bits per heavy atom. The minimum atomic E-state index is 0.558. The molecule has 0 unspecified atom stereocenters. The molecule has 0 aliphatic heterocycles. The van der Waals surface area contributed by atoms with Crippen molar-refractivity contribution in [1.82, 2.24) is 9.97 Å². The number of aromatic nitrogens is 2. The molecule has 0 saturated carbocycles. The summed E-state index contributed by atoms with van der Waals surface area (Å²) < 4.78 is 0. The van der Waals surface area contributed by atoms with E-state index in [0.717, 1.165) is 18.9 Å². The number of nitrogens with one attached hydrogen (secondary N) is 1. The molecule has 1 heterocycles. The Hall–Kier alpha value is -1.81. The van der Waals surface area contributed by atoms with Crippen molar-refractivity contribution in [1.29, 1.82) is 0 Å². The normalized spacial score (nSPS) is 10.4. The summed E-state index contributed by atoms with van der Waals surface area (Å²) in [5.74, 6) is 1.34. The van der Waals surface area contributed by atoms with Crippen molar-refractivity contribution in [3.05, 3.63) is 46.6 Å². The first kappa shape index (κ1) is 14.6. The van der Waals surface area contributed by atoms with Crippen LogP contribution in [0.5, 0.6) is 0 Å². The van der Waals surface area contributed by atoms with E-state index < -0.39 is 0 Å². The quantitative estimate of drug-likeness (QED) is 0.915. The van der Waals surface area contributed by atoms with Crippen molar-refractivity contribution in [2.45, 2.75) is 20.4 Å². The van der Waals surface area contributed by atoms with Gasteiger partial charge < -0.3 is 10.2 Å². The summed E-state index contributed by atoms with van der Waals surface area (Å²) in [6, 6.07) is 8.31. The lowest BCUT2D eigenvalue weighted by Gasteiger charge is -2.21. The van der Waals surface area contributed by atoms with E-state index in [2.05, 4.69) is 34.3 Å². The molecule has 0 saturated heterocycles. The molecule has 0 amide bonds. The van der Waals surface area contributed by atoms with Crippen LogP contribution in [0.1, 0.15) is 18.1 Å². The van der Waals surface area contributed by atoms with Crippen LogP contribution in [-0.2, 0) is 6.54 Å². The molecule has 0 aliphatic rings. The topological polar surface area (TPSA) is 41.1 Å². The van der Waals surface area contributed by atoms with Gasteiger partial charge in [-0.2, -0.15) is 4.98 Å². The summed E-state index contributed by atoms with van der Waals surface area (Å²) in [7, 11) is 1.98. The first-order valence-corrected chi connectivity index (χ1v) is 7.01. The number of hydrogen-bond acceptors (Lipinski definition) is 4. The lowest BCUT2D eigenvalue weighted by molar-refractivity contribution is 0.884. The Morgan fingerprint density at radius 2 is 2.05 bits per heavy atom. The molecule has 2 aromatic rings.